The van der Waals surface area contributed by atoms with E-state index in [0.29, 0.717) is 34.3 Å². The van der Waals surface area contributed by atoms with E-state index in [4.69, 9.17) is 14.2 Å². The Labute approximate surface area is 169 Å². The number of hydrogen-bond acceptors (Lipinski definition) is 5. The molecule has 0 saturated heterocycles. The first-order valence-electron chi connectivity index (χ1n) is 9.10. The molecule has 0 fully saturated rings. The van der Waals surface area contributed by atoms with Gasteiger partial charge in [0.2, 0.25) is 5.91 Å². The van der Waals surface area contributed by atoms with Gasteiger partial charge in [0, 0.05) is 18.8 Å². The van der Waals surface area contributed by atoms with E-state index in [9.17, 15) is 9.59 Å². The van der Waals surface area contributed by atoms with Crippen LogP contribution in [0.5, 0.6) is 17.2 Å². The monoisotopic (exact) mass is 399 g/mol. The van der Waals surface area contributed by atoms with E-state index in [1.807, 2.05) is 13.8 Å². The van der Waals surface area contributed by atoms with Crippen LogP contribution in [0, 0.1) is 5.41 Å². The van der Waals surface area contributed by atoms with Crippen LogP contribution in [-0.4, -0.2) is 39.8 Å². The highest BCUT2D eigenvalue weighted by atomic mass is 16.5. The molecule has 0 spiro atoms. The molecule has 0 bridgehead atoms. The number of urea groups is 1. The number of carbonyl (C=O) groups is 2. The number of anilines is 3. The lowest BCUT2D eigenvalue weighted by Gasteiger charge is -2.24. The molecule has 8 heteroatoms. The van der Waals surface area contributed by atoms with Gasteiger partial charge >= 0.3 is 6.03 Å². The number of rotatable bonds is 4. The Morgan fingerprint density at radius 2 is 1.86 bits per heavy atom. The van der Waals surface area contributed by atoms with Crippen LogP contribution in [0.15, 0.2) is 36.4 Å². The molecule has 8 nitrogen and oxygen atoms in total. The standard InChI is InChI=1S/C21H25N3O5/c1-21(2)12-29-17-9-6-13(10-16(17)24(3)19(21)25)22-20(26)23-15-8-7-14(27-4)11-18(15)28-5/h6-11H,12H2,1-5H3,(H2,22,23,26). The molecule has 3 amide bonds. The van der Waals surface area contributed by atoms with Crippen molar-refractivity contribution in [2.75, 3.05) is 43.4 Å². The van der Waals surface area contributed by atoms with Crippen LogP contribution in [0.25, 0.3) is 0 Å². The molecule has 154 valence electrons. The number of fused-ring (bicyclic) bond motifs is 1. The molecule has 29 heavy (non-hydrogen) atoms. The zero-order valence-corrected chi connectivity index (χ0v) is 17.2. The molecule has 0 saturated carbocycles. The number of hydrogen-bond donors (Lipinski definition) is 2. The fourth-order valence-electron chi connectivity index (χ4n) is 3.05. The summed E-state index contributed by atoms with van der Waals surface area (Å²) < 4.78 is 16.2. The molecule has 1 heterocycles. The van der Waals surface area contributed by atoms with Crippen molar-refractivity contribution in [3.8, 4) is 17.2 Å². The largest absolute Gasteiger partial charge is 0.497 e. The number of nitrogens with zero attached hydrogens (tertiary/aromatic N) is 1. The Morgan fingerprint density at radius 1 is 1.10 bits per heavy atom. The molecule has 0 radical (unpaired) electrons. The summed E-state index contributed by atoms with van der Waals surface area (Å²) in [5, 5.41) is 5.51. The normalized spacial score (nSPS) is 14.9. The van der Waals surface area contributed by atoms with Crippen LogP contribution in [0.1, 0.15) is 13.8 Å². The van der Waals surface area contributed by atoms with Crippen molar-refractivity contribution < 1.29 is 23.8 Å². The highest BCUT2D eigenvalue weighted by molar-refractivity contribution is 6.03. The van der Waals surface area contributed by atoms with Gasteiger partial charge in [-0.15, -0.1) is 0 Å². The second-order valence-corrected chi connectivity index (χ2v) is 7.36. The van der Waals surface area contributed by atoms with Crippen LogP contribution in [0.4, 0.5) is 21.9 Å². The first-order chi connectivity index (χ1) is 13.7. The summed E-state index contributed by atoms with van der Waals surface area (Å²) in [7, 11) is 4.77. The molecule has 1 aliphatic rings. The fourth-order valence-corrected chi connectivity index (χ4v) is 3.05. The number of amides is 3. The summed E-state index contributed by atoms with van der Waals surface area (Å²) in [5.74, 6) is 1.63. The molecule has 2 aromatic carbocycles. The highest BCUT2D eigenvalue weighted by Crippen LogP contribution is 2.37. The molecular formula is C21H25N3O5. The Morgan fingerprint density at radius 3 is 2.55 bits per heavy atom. The van der Waals surface area contributed by atoms with Crippen molar-refractivity contribution in [2.24, 2.45) is 5.41 Å². The second-order valence-electron chi connectivity index (χ2n) is 7.36. The molecular weight excluding hydrogens is 374 g/mol. The van der Waals surface area contributed by atoms with Gasteiger partial charge in [0.15, 0.2) is 0 Å². The predicted molar refractivity (Wildman–Crippen MR) is 111 cm³/mol. The lowest BCUT2D eigenvalue weighted by molar-refractivity contribution is -0.127. The topological polar surface area (TPSA) is 89.1 Å². The zero-order chi connectivity index (χ0) is 21.2. The van der Waals surface area contributed by atoms with Gasteiger partial charge in [-0.25, -0.2) is 4.79 Å². The average Bonchev–Trinajstić information content (AvgIpc) is 2.79. The van der Waals surface area contributed by atoms with Gasteiger partial charge in [0.1, 0.15) is 23.9 Å². The highest BCUT2D eigenvalue weighted by Gasteiger charge is 2.36. The second kappa shape index (κ2) is 7.90. The minimum absolute atomic E-state index is 0.0548. The van der Waals surface area contributed by atoms with E-state index in [2.05, 4.69) is 10.6 Å². The molecule has 2 aromatic rings. The number of methoxy groups -OCH3 is 2. The summed E-state index contributed by atoms with van der Waals surface area (Å²) >= 11 is 0. The summed E-state index contributed by atoms with van der Waals surface area (Å²) in [4.78, 5) is 26.7. The molecule has 3 rings (SSSR count). The minimum Gasteiger partial charge on any atom is -0.497 e. The maximum absolute atomic E-state index is 12.6. The van der Waals surface area contributed by atoms with Crippen molar-refractivity contribution >= 4 is 29.0 Å². The van der Waals surface area contributed by atoms with E-state index in [-0.39, 0.29) is 12.5 Å². The van der Waals surface area contributed by atoms with Crippen molar-refractivity contribution in [2.45, 2.75) is 13.8 Å². The Bertz CT molecular complexity index is 942. The number of ether oxygens (including phenoxy) is 3. The molecule has 0 aromatic heterocycles. The van der Waals surface area contributed by atoms with E-state index in [1.54, 1.807) is 55.5 Å². The maximum Gasteiger partial charge on any atom is 0.323 e. The zero-order valence-electron chi connectivity index (χ0n) is 17.2. The van der Waals surface area contributed by atoms with Gasteiger partial charge < -0.3 is 29.7 Å². The van der Waals surface area contributed by atoms with Crippen molar-refractivity contribution in [3.05, 3.63) is 36.4 Å². The first kappa shape index (κ1) is 20.3. The number of carbonyl (C=O) groups excluding carboxylic acids is 2. The Balaban J connectivity index is 1.78. The molecule has 0 unspecified atom stereocenters. The fraction of sp³-hybridized carbons (Fsp3) is 0.333. The van der Waals surface area contributed by atoms with Crippen molar-refractivity contribution in [1.82, 2.24) is 0 Å². The van der Waals surface area contributed by atoms with Crippen LogP contribution < -0.4 is 29.7 Å². The van der Waals surface area contributed by atoms with Gasteiger partial charge in [0.25, 0.3) is 0 Å². The van der Waals surface area contributed by atoms with E-state index < -0.39 is 11.4 Å². The van der Waals surface area contributed by atoms with Crippen molar-refractivity contribution in [3.63, 3.8) is 0 Å². The van der Waals surface area contributed by atoms with Gasteiger partial charge in [-0.2, -0.15) is 0 Å². The van der Waals surface area contributed by atoms with E-state index in [1.165, 1.54) is 7.11 Å². The summed E-state index contributed by atoms with van der Waals surface area (Å²) in [5.41, 5.74) is 0.985. The van der Waals surface area contributed by atoms with E-state index in [0.717, 1.165) is 0 Å². The maximum atomic E-state index is 12.6. The molecule has 1 aliphatic heterocycles. The predicted octanol–water partition coefficient (Wildman–Crippen LogP) is 3.73. The minimum atomic E-state index is -0.635. The van der Waals surface area contributed by atoms with Gasteiger partial charge in [-0.1, -0.05) is 0 Å². The third-order valence-corrected chi connectivity index (χ3v) is 4.71. The molecule has 2 N–H and O–H groups in total. The third-order valence-electron chi connectivity index (χ3n) is 4.71. The summed E-state index contributed by atoms with van der Waals surface area (Å²) in [6.45, 7) is 3.97. The van der Waals surface area contributed by atoms with Crippen LogP contribution >= 0.6 is 0 Å². The Hall–Kier alpha value is -3.42. The summed E-state index contributed by atoms with van der Waals surface area (Å²) in [6, 6.07) is 9.82. The molecule has 0 atom stereocenters. The summed E-state index contributed by atoms with van der Waals surface area (Å²) in [6.07, 6.45) is 0. The first-order valence-corrected chi connectivity index (χ1v) is 9.10. The lowest BCUT2D eigenvalue weighted by atomic mass is 9.93. The number of benzene rings is 2. The molecule has 0 aliphatic carbocycles. The van der Waals surface area contributed by atoms with E-state index >= 15 is 0 Å². The third kappa shape index (κ3) is 4.21. The smallest absolute Gasteiger partial charge is 0.323 e. The number of nitrogens with one attached hydrogen (secondary N) is 2. The lowest BCUT2D eigenvalue weighted by Crippen LogP contribution is -2.39. The van der Waals surface area contributed by atoms with Gasteiger partial charge in [0.05, 0.1) is 31.0 Å². The van der Waals surface area contributed by atoms with Crippen molar-refractivity contribution in [1.29, 1.82) is 0 Å². The van der Waals surface area contributed by atoms with Crippen LogP contribution in [0.2, 0.25) is 0 Å². The quantitative estimate of drug-likeness (QED) is 0.818. The average molecular weight is 399 g/mol. The van der Waals surface area contributed by atoms with Gasteiger partial charge in [-0.3, -0.25) is 4.79 Å². The SMILES string of the molecule is COc1ccc(NC(=O)Nc2ccc3c(c2)N(C)C(=O)C(C)(C)CO3)c(OC)c1. The van der Waals surface area contributed by atoms with Gasteiger partial charge in [-0.05, 0) is 44.2 Å². The van der Waals surface area contributed by atoms with Crippen LogP contribution in [0.3, 0.4) is 0 Å². The Kier molecular flexibility index (Phi) is 5.54. The van der Waals surface area contributed by atoms with Crippen LogP contribution in [-0.2, 0) is 4.79 Å².